The molecule has 114 valence electrons. The van der Waals surface area contributed by atoms with Gasteiger partial charge in [-0.15, -0.1) is 0 Å². The number of hydrogen-bond acceptors (Lipinski definition) is 4. The maximum atomic E-state index is 12.0. The van der Waals surface area contributed by atoms with Crippen molar-refractivity contribution in [2.45, 2.75) is 20.0 Å². The van der Waals surface area contributed by atoms with E-state index in [0.29, 0.717) is 18.8 Å². The van der Waals surface area contributed by atoms with Crippen LogP contribution in [-0.4, -0.2) is 41.6 Å². The van der Waals surface area contributed by atoms with Gasteiger partial charge in [-0.1, -0.05) is 32.0 Å². The van der Waals surface area contributed by atoms with Crippen LogP contribution in [0.2, 0.25) is 0 Å². The fourth-order valence-corrected chi connectivity index (χ4v) is 2.25. The van der Waals surface area contributed by atoms with Crippen molar-refractivity contribution in [3.63, 3.8) is 0 Å². The fourth-order valence-electron chi connectivity index (χ4n) is 2.25. The molecule has 1 fully saturated rings. The Morgan fingerprint density at radius 1 is 1.43 bits per heavy atom. The minimum absolute atomic E-state index is 0.0231. The second-order valence-electron chi connectivity index (χ2n) is 5.41. The number of aliphatic hydroxyl groups is 1. The van der Waals surface area contributed by atoms with Crippen LogP contribution >= 0.6 is 0 Å². The summed E-state index contributed by atoms with van der Waals surface area (Å²) in [5.74, 6) is -0.202. The first kappa shape index (κ1) is 15.3. The topological polar surface area (TPSA) is 81.7 Å². The van der Waals surface area contributed by atoms with Crippen molar-refractivity contribution in [1.29, 1.82) is 0 Å². The summed E-state index contributed by atoms with van der Waals surface area (Å²) in [5, 5.41) is 15.8. The highest BCUT2D eigenvalue weighted by Gasteiger charge is 2.26. The summed E-state index contributed by atoms with van der Waals surface area (Å²) in [7, 11) is 0. The van der Waals surface area contributed by atoms with E-state index in [1.807, 2.05) is 38.1 Å². The minimum Gasteiger partial charge on any atom is -0.388 e. The van der Waals surface area contributed by atoms with E-state index >= 15 is 0 Å². The number of rotatable bonds is 5. The summed E-state index contributed by atoms with van der Waals surface area (Å²) in [6.07, 6.45) is -0.598. The van der Waals surface area contributed by atoms with Gasteiger partial charge in [0.1, 0.15) is 0 Å². The Kier molecular flexibility index (Phi) is 4.80. The maximum absolute atomic E-state index is 12.0. The smallest absolute Gasteiger partial charge is 0.324 e. The molecule has 0 unspecified atom stereocenters. The fraction of sp³-hybridized carbons (Fsp3) is 0.467. The molecule has 0 radical (unpaired) electrons. The molecule has 1 atom stereocenters. The summed E-state index contributed by atoms with van der Waals surface area (Å²) in [6.45, 7) is 4.78. The highest BCUT2D eigenvalue weighted by Crippen LogP contribution is 2.27. The van der Waals surface area contributed by atoms with Crippen LogP contribution in [-0.2, 0) is 4.79 Å². The van der Waals surface area contributed by atoms with E-state index in [4.69, 9.17) is 0 Å². The maximum Gasteiger partial charge on any atom is 0.324 e. The van der Waals surface area contributed by atoms with Crippen LogP contribution in [0.5, 0.6) is 0 Å². The van der Waals surface area contributed by atoms with E-state index in [2.05, 4.69) is 10.6 Å². The Morgan fingerprint density at radius 2 is 2.14 bits per heavy atom. The summed E-state index contributed by atoms with van der Waals surface area (Å²) in [6, 6.07) is 6.99. The number of nitrogens with zero attached hydrogens (tertiary/aromatic N) is 1. The number of carbonyl (C=O) groups is 2. The highest BCUT2D eigenvalue weighted by atomic mass is 16.3. The van der Waals surface area contributed by atoms with E-state index in [9.17, 15) is 14.7 Å². The standard InChI is InChI=1S/C15H21N3O3/c1-10(2)14(20)11-5-3-4-6-12(11)17-9-13(19)18-8-7-16-15(18)21/h3-6,10,14,17,20H,7-9H2,1-2H3,(H,16,21)/t14-/m0/s1. The van der Waals surface area contributed by atoms with E-state index in [1.165, 1.54) is 4.90 Å². The van der Waals surface area contributed by atoms with Crippen LogP contribution in [0.25, 0.3) is 0 Å². The van der Waals surface area contributed by atoms with Gasteiger partial charge in [0.05, 0.1) is 12.6 Å². The quantitative estimate of drug-likeness (QED) is 0.764. The molecule has 1 aromatic rings. The highest BCUT2D eigenvalue weighted by molar-refractivity contribution is 5.97. The predicted molar refractivity (Wildman–Crippen MR) is 79.8 cm³/mol. The van der Waals surface area contributed by atoms with Crippen LogP contribution in [0.1, 0.15) is 25.5 Å². The third-order valence-electron chi connectivity index (χ3n) is 3.50. The summed E-state index contributed by atoms with van der Waals surface area (Å²) >= 11 is 0. The molecular formula is C15H21N3O3. The number of anilines is 1. The second kappa shape index (κ2) is 6.58. The molecule has 3 amide bonds. The number of urea groups is 1. The summed E-state index contributed by atoms with van der Waals surface area (Å²) in [4.78, 5) is 24.6. The van der Waals surface area contributed by atoms with Crippen LogP contribution in [0.4, 0.5) is 10.5 Å². The van der Waals surface area contributed by atoms with Crippen molar-refractivity contribution in [2.75, 3.05) is 25.0 Å². The van der Waals surface area contributed by atoms with E-state index in [-0.39, 0.29) is 24.4 Å². The lowest BCUT2D eigenvalue weighted by Gasteiger charge is -2.20. The van der Waals surface area contributed by atoms with Crippen molar-refractivity contribution in [1.82, 2.24) is 10.2 Å². The number of nitrogens with one attached hydrogen (secondary N) is 2. The average Bonchev–Trinajstić information content (AvgIpc) is 2.90. The molecule has 6 heteroatoms. The molecule has 1 aromatic carbocycles. The number of aliphatic hydroxyl groups excluding tert-OH is 1. The van der Waals surface area contributed by atoms with Crippen LogP contribution in [0.3, 0.4) is 0 Å². The molecule has 0 spiro atoms. The largest absolute Gasteiger partial charge is 0.388 e. The van der Waals surface area contributed by atoms with Crippen molar-refractivity contribution in [3.05, 3.63) is 29.8 Å². The van der Waals surface area contributed by atoms with Crippen molar-refractivity contribution >= 4 is 17.6 Å². The Labute approximate surface area is 124 Å². The molecule has 6 nitrogen and oxygen atoms in total. The third kappa shape index (κ3) is 3.52. The van der Waals surface area contributed by atoms with Crippen molar-refractivity contribution < 1.29 is 14.7 Å². The number of imide groups is 1. The van der Waals surface area contributed by atoms with Gasteiger partial charge in [0.25, 0.3) is 0 Å². The number of hydrogen-bond donors (Lipinski definition) is 3. The SMILES string of the molecule is CC(C)[C@H](O)c1ccccc1NCC(=O)N1CCNC1=O. The normalized spacial score (nSPS) is 16.0. The molecule has 2 rings (SSSR count). The van der Waals surface area contributed by atoms with Crippen molar-refractivity contribution in [2.24, 2.45) is 5.92 Å². The molecule has 0 aliphatic carbocycles. The van der Waals surface area contributed by atoms with Gasteiger partial charge in [0.2, 0.25) is 5.91 Å². The van der Waals surface area contributed by atoms with E-state index in [0.717, 1.165) is 5.56 Å². The van der Waals surface area contributed by atoms with Gasteiger partial charge in [-0.25, -0.2) is 4.79 Å². The molecule has 1 aliphatic rings. The summed E-state index contributed by atoms with van der Waals surface area (Å²) < 4.78 is 0. The molecule has 1 aliphatic heterocycles. The first-order chi connectivity index (χ1) is 10.0. The molecule has 0 saturated carbocycles. The number of amides is 3. The van der Waals surface area contributed by atoms with Crippen molar-refractivity contribution in [3.8, 4) is 0 Å². The molecule has 0 aromatic heterocycles. The monoisotopic (exact) mass is 291 g/mol. The molecule has 21 heavy (non-hydrogen) atoms. The minimum atomic E-state index is -0.598. The number of carbonyl (C=O) groups excluding carboxylic acids is 2. The molecule has 1 saturated heterocycles. The third-order valence-corrected chi connectivity index (χ3v) is 3.50. The first-order valence-electron chi connectivity index (χ1n) is 7.09. The van der Waals surface area contributed by atoms with Gasteiger partial charge in [-0.3, -0.25) is 9.69 Å². The number of benzene rings is 1. The van der Waals surface area contributed by atoms with Gasteiger partial charge < -0.3 is 15.7 Å². The molecule has 1 heterocycles. The lowest BCUT2D eigenvalue weighted by atomic mass is 9.97. The number of para-hydroxylation sites is 1. The van der Waals surface area contributed by atoms with Crippen LogP contribution < -0.4 is 10.6 Å². The summed E-state index contributed by atoms with van der Waals surface area (Å²) in [5.41, 5.74) is 1.47. The second-order valence-corrected chi connectivity index (χ2v) is 5.41. The van der Waals surface area contributed by atoms with Gasteiger partial charge in [-0.2, -0.15) is 0 Å². The van der Waals surface area contributed by atoms with Gasteiger partial charge in [0, 0.05) is 24.3 Å². The average molecular weight is 291 g/mol. The molecule has 3 N–H and O–H groups in total. The van der Waals surface area contributed by atoms with E-state index < -0.39 is 6.10 Å². The van der Waals surface area contributed by atoms with Gasteiger partial charge in [0.15, 0.2) is 0 Å². The first-order valence-corrected chi connectivity index (χ1v) is 7.09. The lowest BCUT2D eigenvalue weighted by Crippen LogP contribution is -2.38. The molecular weight excluding hydrogens is 270 g/mol. The zero-order chi connectivity index (χ0) is 15.4. The van der Waals surface area contributed by atoms with Crippen LogP contribution in [0, 0.1) is 5.92 Å². The Bertz CT molecular complexity index is 531. The van der Waals surface area contributed by atoms with Gasteiger partial charge >= 0.3 is 6.03 Å². The predicted octanol–water partition coefficient (Wildman–Crippen LogP) is 1.34. The Morgan fingerprint density at radius 3 is 2.76 bits per heavy atom. The van der Waals surface area contributed by atoms with Crippen LogP contribution in [0.15, 0.2) is 24.3 Å². The molecule has 0 bridgehead atoms. The Balaban J connectivity index is 2.03. The van der Waals surface area contributed by atoms with E-state index in [1.54, 1.807) is 0 Å². The zero-order valence-corrected chi connectivity index (χ0v) is 12.3. The van der Waals surface area contributed by atoms with Gasteiger partial charge in [-0.05, 0) is 12.0 Å². The zero-order valence-electron chi connectivity index (χ0n) is 12.3. The Hall–Kier alpha value is -2.08. The lowest BCUT2D eigenvalue weighted by molar-refractivity contribution is -0.125.